The van der Waals surface area contributed by atoms with Gasteiger partial charge in [0.25, 0.3) is 15.9 Å². The molecule has 0 atom stereocenters. The standard InChI is InChI=1S/C19H16N4O3S2/c1-12-17(27-13(2)20-12)19-21-18(22-26-19)14-8-10-15(11-9-14)23-28(24,25)16-6-4-3-5-7-16/h3-11,23H,1-2H3. The topological polar surface area (TPSA) is 98.0 Å². The van der Waals surface area contributed by atoms with E-state index in [1.807, 2.05) is 13.8 Å². The fourth-order valence-electron chi connectivity index (χ4n) is 2.66. The molecule has 2 heterocycles. The maximum Gasteiger partial charge on any atom is 0.270 e. The Morgan fingerprint density at radius 3 is 2.32 bits per heavy atom. The van der Waals surface area contributed by atoms with Crippen LogP contribution in [-0.4, -0.2) is 23.5 Å². The normalized spacial score (nSPS) is 11.5. The minimum absolute atomic E-state index is 0.206. The number of nitrogens with one attached hydrogen (secondary N) is 1. The molecule has 0 radical (unpaired) electrons. The van der Waals surface area contributed by atoms with Gasteiger partial charge in [-0.2, -0.15) is 4.98 Å². The maximum absolute atomic E-state index is 12.4. The van der Waals surface area contributed by atoms with Crippen molar-refractivity contribution in [1.29, 1.82) is 0 Å². The second-order valence-electron chi connectivity index (χ2n) is 6.07. The first kappa shape index (κ1) is 18.3. The molecule has 0 saturated carbocycles. The Morgan fingerprint density at radius 1 is 0.964 bits per heavy atom. The molecule has 2 aromatic carbocycles. The van der Waals surface area contributed by atoms with Gasteiger partial charge < -0.3 is 4.52 Å². The number of thiazole rings is 1. The monoisotopic (exact) mass is 412 g/mol. The van der Waals surface area contributed by atoms with E-state index in [2.05, 4.69) is 19.8 Å². The SMILES string of the molecule is Cc1nc(C)c(-c2nc(-c3ccc(NS(=O)(=O)c4ccccc4)cc3)no2)s1. The van der Waals surface area contributed by atoms with E-state index in [4.69, 9.17) is 4.52 Å². The number of rotatable bonds is 5. The lowest BCUT2D eigenvalue weighted by atomic mass is 10.2. The van der Waals surface area contributed by atoms with E-state index in [1.165, 1.54) is 11.3 Å². The quantitative estimate of drug-likeness (QED) is 0.525. The van der Waals surface area contributed by atoms with Gasteiger partial charge in [0.1, 0.15) is 4.88 Å². The summed E-state index contributed by atoms with van der Waals surface area (Å²) in [6, 6.07) is 15.0. The Hall–Kier alpha value is -3.04. The molecule has 0 aliphatic carbocycles. The van der Waals surface area contributed by atoms with Crippen LogP contribution in [0.1, 0.15) is 10.7 Å². The molecule has 28 heavy (non-hydrogen) atoms. The van der Waals surface area contributed by atoms with E-state index >= 15 is 0 Å². The predicted molar refractivity (Wildman–Crippen MR) is 108 cm³/mol. The highest BCUT2D eigenvalue weighted by Crippen LogP contribution is 2.30. The molecule has 0 fully saturated rings. The smallest absolute Gasteiger partial charge is 0.270 e. The number of aryl methyl sites for hydroxylation is 2. The summed E-state index contributed by atoms with van der Waals surface area (Å²) in [5.74, 6) is 0.852. The zero-order chi connectivity index (χ0) is 19.7. The Morgan fingerprint density at radius 2 is 1.68 bits per heavy atom. The van der Waals surface area contributed by atoms with E-state index in [-0.39, 0.29) is 4.90 Å². The Kier molecular flexibility index (Phi) is 4.70. The zero-order valence-corrected chi connectivity index (χ0v) is 16.7. The summed E-state index contributed by atoms with van der Waals surface area (Å²) >= 11 is 1.50. The van der Waals surface area contributed by atoms with Crippen molar-refractivity contribution in [2.75, 3.05) is 4.72 Å². The highest BCUT2D eigenvalue weighted by atomic mass is 32.2. The number of aromatic nitrogens is 3. The summed E-state index contributed by atoms with van der Waals surface area (Å²) in [7, 11) is -3.63. The van der Waals surface area contributed by atoms with Gasteiger partial charge in [-0.15, -0.1) is 11.3 Å². The van der Waals surface area contributed by atoms with Crippen LogP contribution in [0.15, 0.2) is 64.0 Å². The number of benzene rings is 2. The molecule has 9 heteroatoms. The summed E-state index contributed by atoms with van der Waals surface area (Å²) in [5, 5.41) is 4.95. The fourth-order valence-corrected chi connectivity index (χ4v) is 4.58. The molecule has 4 rings (SSSR count). The molecular formula is C19H16N4O3S2. The third-order valence-corrected chi connectivity index (χ3v) is 6.43. The highest BCUT2D eigenvalue weighted by Gasteiger charge is 2.17. The third kappa shape index (κ3) is 3.67. The van der Waals surface area contributed by atoms with Crippen LogP contribution in [0.3, 0.4) is 0 Å². The molecule has 0 bridgehead atoms. The zero-order valence-electron chi connectivity index (χ0n) is 15.1. The average molecular weight is 412 g/mol. The molecule has 0 spiro atoms. The van der Waals surface area contributed by atoms with Gasteiger partial charge in [-0.1, -0.05) is 23.4 Å². The van der Waals surface area contributed by atoms with Crippen LogP contribution in [0, 0.1) is 13.8 Å². The highest BCUT2D eigenvalue weighted by molar-refractivity contribution is 7.92. The minimum atomic E-state index is -3.63. The van der Waals surface area contributed by atoms with E-state index < -0.39 is 10.0 Å². The van der Waals surface area contributed by atoms with Crippen LogP contribution in [0.4, 0.5) is 5.69 Å². The second-order valence-corrected chi connectivity index (χ2v) is 8.95. The fraction of sp³-hybridized carbons (Fsp3) is 0.105. The van der Waals surface area contributed by atoms with Gasteiger partial charge in [0.05, 0.1) is 15.6 Å². The van der Waals surface area contributed by atoms with Crippen LogP contribution < -0.4 is 4.72 Å². The van der Waals surface area contributed by atoms with Gasteiger partial charge >= 0.3 is 0 Å². The molecule has 0 aliphatic heterocycles. The molecule has 4 aromatic rings. The number of sulfonamides is 1. The first-order chi connectivity index (χ1) is 13.4. The number of hydrogen-bond donors (Lipinski definition) is 1. The number of anilines is 1. The van der Waals surface area contributed by atoms with Crippen molar-refractivity contribution in [2.24, 2.45) is 0 Å². The molecular weight excluding hydrogens is 396 g/mol. The summed E-state index contributed by atoms with van der Waals surface area (Å²) < 4.78 is 32.7. The van der Waals surface area contributed by atoms with E-state index in [9.17, 15) is 8.42 Å². The third-order valence-electron chi connectivity index (χ3n) is 3.97. The largest absolute Gasteiger partial charge is 0.333 e. The van der Waals surface area contributed by atoms with Gasteiger partial charge in [0.15, 0.2) is 0 Å². The van der Waals surface area contributed by atoms with Crippen molar-refractivity contribution >= 4 is 27.0 Å². The van der Waals surface area contributed by atoms with Gasteiger partial charge in [-0.05, 0) is 50.2 Å². The van der Waals surface area contributed by atoms with Crippen molar-refractivity contribution < 1.29 is 12.9 Å². The van der Waals surface area contributed by atoms with Gasteiger partial charge in [-0.3, -0.25) is 4.72 Å². The number of hydrogen-bond acceptors (Lipinski definition) is 7. The lowest BCUT2D eigenvalue weighted by Gasteiger charge is -2.08. The van der Waals surface area contributed by atoms with Crippen LogP contribution in [-0.2, 0) is 10.0 Å². The summed E-state index contributed by atoms with van der Waals surface area (Å²) in [6.07, 6.45) is 0. The van der Waals surface area contributed by atoms with Crippen LogP contribution in [0.2, 0.25) is 0 Å². The Balaban J connectivity index is 1.55. The van der Waals surface area contributed by atoms with Crippen molar-refractivity contribution in [3.63, 3.8) is 0 Å². The first-order valence-electron chi connectivity index (χ1n) is 8.39. The molecule has 0 amide bonds. The van der Waals surface area contributed by atoms with Crippen molar-refractivity contribution in [3.8, 4) is 22.2 Å². The van der Waals surface area contributed by atoms with Crippen LogP contribution >= 0.6 is 11.3 Å². The van der Waals surface area contributed by atoms with Crippen molar-refractivity contribution in [1.82, 2.24) is 15.1 Å². The van der Waals surface area contributed by atoms with Gasteiger partial charge in [0, 0.05) is 11.3 Å². The average Bonchev–Trinajstić information content (AvgIpc) is 3.29. The van der Waals surface area contributed by atoms with Crippen LogP contribution in [0.25, 0.3) is 22.2 Å². The maximum atomic E-state index is 12.4. The Labute approximate surface area is 166 Å². The molecule has 0 unspecified atom stereocenters. The molecule has 7 nitrogen and oxygen atoms in total. The predicted octanol–water partition coefficient (Wildman–Crippen LogP) is 4.28. The van der Waals surface area contributed by atoms with E-state index in [1.54, 1.807) is 54.6 Å². The second kappa shape index (κ2) is 7.17. The molecule has 0 saturated heterocycles. The van der Waals surface area contributed by atoms with Crippen LogP contribution in [0.5, 0.6) is 0 Å². The summed E-state index contributed by atoms with van der Waals surface area (Å²) in [5.41, 5.74) is 2.02. The number of nitrogens with zero attached hydrogens (tertiary/aromatic N) is 3. The van der Waals surface area contributed by atoms with Crippen molar-refractivity contribution in [2.45, 2.75) is 18.7 Å². The van der Waals surface area contributed by atoms with E-state index in [0.717, 1.165) is 21.1 Å². The molecule has 0 aliphatic rings. The Bertz CT molecular complexity index is 1210. The van der Waals surface area contributed by atoms with E-state index in [0.29, 0.717) is 17.4 Å². The summed E-state index contributed by atoms with van der Waals surface area (Å²) in [4.78, 5) is 9.85. The van der Waals surface area contributed by atoms with Gasteiger partial charge in [-0.25, -0.2) is 13.4 Å². The first-order valence-corrected chi connectivity index (χ1v) is 10.7. The lowest BCUT2D eigenvalue weighted by molar-refractivity contribution is 0.433. The molecule has 1 N–H and O–H groups in total. The molecule has 2 aromatic heterocycles. The molecule has 142 valence electrons. The lowest BCUT2D eigenvalue weighted by Crippen LogP contribution is -2.12. The minimum Gasteiger partial charge on any atom is -0.333 e. The summed E-state index contributed by atoms with van der Waals surface area (Å²) in [6.45, 7) is 3.82. The van der Waals surface area contributed by atoms with Crippen molar-refractivity contribution in [3.05, 3.63) is 65.3 Å². The van der Waals surface area contributed by atoms with Gasteiger partial charge in [0.2, 0.25) is 5.82 Å².